The largest absolute Gasteiger partial charge is 0.476 e. The lowest BCUT2D eigenvalue weighted by atomic mass is 10.1. The predicted molar refractivity (Wildman–Crippen MR) is 132 cm³/mol. The Hall–Kier alpha value is -4.74. The summed E-state index contributed by atoms with van der Waals surface area (Å²) in [5.41, 5.74) is 1.45. The molecule has 11 nitrogen and oxygen atoms in total. The molecule has 0 fully saturated rings. The summed E-state index contributed by atoms with van der Waals surface area (Å²) in [5.74, 6) is -0.430. The second-order valence-corrected chi connectivity index (χ2v) is 8.67. The molecule has 0 aliphatic carbocycles. The molecule has 0 saturated heterocycles. The lowest BCUT2D eigenvalue weighted by Crippen LogP contribution is -2.45. The maximum absolute atomic E-state index is 14.5. The van der Waals surface area contributed by atoms with Crippen molar-refractivity contribution in [2.75, 3.05) is 23.0 Å². The van der Waals surface area contributed by atoms with Crippen molar-refractivity contribution in [3.05, 3.63) is 54.6 Å². The number of halogens is 1. The van der Waals surface area contributed by atoms with Crippen LogP contribution in [0.5, 0.6) is 5.75 Å². The number of anilines is 5. The van der Waals surface area contributed by atoms with Crippen molar-refractivity contribution < 1.29 is 18.7 Å². The van der Waals surface area contributed by atoms with Crippen LogP contribution in [0.25, 0.3) is 10.9 Å². The van der Waals surface area contributed by atoms with Crippen LogP contribution >= 0.6 is 0 Å². The van der Waals surface area contributed by atoms with Crippen molar-refractivity contribution >= 4 is 51.5 Å². The number of aromatic nitrogens is 4. The molecule has 3 heterocycles. The molecule has 4 aromatic rings. The van der Waals surface area contributed by atoms with Gasteiger partial charge in [-0.25, -0.2) is 9.37 Å². The summed E-state index contributed by atoms with van der Waals surface area (Å²) < 4.78 is 21.8. The summed E-state index contributed by atoms with van der Waals surface area (Å²) in [5, 5.41) is 16.4. The maximum atomic E-state index is 14.5. The Morgan fingerprint density at radius 1 is 1.14 bits per heavy atom. The Morgan fingerprint density at radius 2 is 1.92 bits per heavy atom. The highest BCUT2D eigenvalue weighted by molar-refractivity contribution is 6.00. The number of amides is 2. The van der Waals surface area contributed by atoms with Gasteiger partial charge in [0.2, 0.25) is 11.9 Å². The zero-order valence-corrected chi connectivity index (χ0v) is 19.7. The zero-order chi connectivity index (χ0) is 25.4. The van der Waals surface area contributed by atoms with Crippen LogP contribution in [-0.2, 0) is 16.1 Å². The fraction of sp³-hybridized carbons (Fsp3) is 0.208. The van der Waals surface area contributed by atoms with E-state index < -0.39 is 11.4 Å². The number of fused-ring (bicyclic) bond motifs is 2. The average Bonchev–Trinajstić information content (AvgIpc) is 3.23. The summed E-state index contributed by atoms with van der Waals surface area (Å²) >= 11 is 0. The molecule has 184 valence electrons. The third-order valence-corrected chi connectivity index (χ3v) is 5.62. The normalized spacial score (nSPS) is 13.9. The highest BCUT2D eigenvalue weighted by atomic mass is 19.1. The fourth-order valence-corrected chi connectivity index (χ4v) is 3.68. The van der Waals surface area contributed by atoms with Gasteiger partial charge in [-0.1, -0.05) is 0 Å². The SMILES string of the molecule is CNC(=O)Cn1ncc2cc(Nc3ncc(F)c(Nc4ccc5c(c4)NC(=O)C(C)(C)O5)n3)ccc21. The first-order valence-electron chi connectivity index (χ1n) is 11.1. The number of rotatable bonds is 6. The minimum Gasteiger partial charge on any atom is -0.476 e. The smallest absolute Gasteiger partial charge is 0.268 e. The third-order valence-electron chi connectivity index (χ3n) is 5.62. The second kappa shape index (κ2) is 8.80. The molecule has 0 unspecified atom stereocenters. The van der Waals surface area contributed by atoms with E-state index >= 15 is 0 Å². The van der Waals surface area contributed by atoms with Crippen molar-refractivity contribution in [1.29, 1.82) is 0 Å². The van der Waals surface area contributed by atoms with Crippen LogP contribution in [0.1, 0.15) is 13.8 Å². The lowest BCUT2D eigenvalue weighted by molar-refractivity contribution is -0.129. The fourth-order valence-electron chi connectivity index (χ4n) is 3.68. The van der Waals surface area contributed by atoms with Gasteiger partial charge >= 0.3 is 0 Å². The highest BCUT2D eigenvalue weighted by Crippen LogP contribution is 2.36. The van der Waals surface area contributed by atoms with E-state index in [1.54, 1.807) is 56.0 Å². The van der Waals surface area contributed by atoms with Crippen LogP contribution in [-0.4, -0.2) is 44.2 Å². The van der Waals surface area contributed by atoms with Gasteiger partial charge in [0.25, 0.3) is 5.91 Å². The molecule has 0 bridgehead atoms. The summed E-state index contributed by atoms with van der Waals surface area (Å²) in [4.78, 5) is 32.1. The molecule has 36 heavy (non-hydrogen) atoms. The predicted octanol–water partition coefficient (Wildman–Crippen LogP) is 3.31. The molecule has 2 aromatic carbocycles. The van der Waals surface area contributed by atoms with Gasteiger partial charge in [-0.3, -0.25) is 14.3 Å². The first kappa shape index (κ1) is 23.0. The number of carbonyl (C=O) groups excluding carboxylic acids is 2. The summed E-state index contributed by atoms with van der Waals surface area (Å²) in [6.07, 6.45) is 2.71. The molecule has 0 spiro atoms. The number of ether oxygens (including phenoxy) is 1. The first-order valence-corrected chi connectivity index (χ1v) is 11.1. The number of nitrogens with one attached hydrogen (secondary N) is 4. The average molecular weight is 490 g/mol. The number of benzene rings is 2. The van der Waals surface area contributed by atoms with E-state index in [0.717, 1.165) is 17.1 Å². The van der Waals surface area contributed by atoms with Gasteiger partial charge in [-0.2, -0.15) is 10.1 Å². The molecule has 0 atom stereocenters. The van der Waals surface area contributed by atoms with E-state index in [1.807, 2.05) is 12.1 Å². The van der Waals surface area contributed by atoms with Crippen LogP contribution < -0.4 is 26.0 Å². The van der Waals surface area contributed by atoms with E-state index in [1.165, 1.54) is 0 Å². The Kier molecular flexibility index (Phi) is 5.63. The van der Waals surface area contributed by atoms with Crippen molar-refractivity contribution in [2.24, 2.45) is 0 Å². The van der Waals surface area contributed by atoms with Gasteiger partial charge in [0.15, 0.2) is 17.2 Å². The third kappa shape index (κ3) is 4.48. The molecule has 2 amide bonds. The van der Waals surface area contributed by atoms with Crippen LogP contribution in [0, 0.1) is 5.82 Å². The van der Waals surface area contributed by atoms with Crippen molar-refractivity contribution in [2.45, 2.75) is 26.0 Å². The zero-order valence-electron chi connectivity index (χ0n) is 19.7. The Balaban J connectivity index is 1.34. The molecule has 12 heteroatoms. The van der Waals surface area contributed by atoms with Crippen LogP contribution in [0.2, 0.25) is 0 Å². The summed E-state index contributed by atoms with van der Waals surface area (Å²) in [6.45, 7) is 3.47. The second-order valence-electron chi connectivity index (χ2n) is 8.67. The van der Waals surface area contributed by atoms with Gasteiger partial charge in [-0.05, 0) is 50.2 Å². The first-order chi connectivity index (χ1) is 17.2. The Morgan fingerprint density at radius 3 is 2.72 bits per heavy atom. The Bertz CT molecular complexity index is 1500. The molecule has 2 aromatic heterocycles. The number of likely N-dealkylation sites (N-methyl/N-ethyl adjacent to an activating group) is 1. The molecular weight excluding hydrogens is 467 g/mol. The number of hydrogen-bond donors (Lipinski definition) is 4. The minimum absolute atomic E-state index is 0.0460. The monoisotopic (exact) mass is 490 g/mol. The van der Waals surface area contributed by atoms with E-state index in [-0.39, 0.29) is 30.1 Å². The maximum Gasteiger partial charge on any atom is 0.268 e. The van der Waals surface area contributed by atoms with Crippen molar-refractivity contribution in [3.63, 3.8) is 0 Å². The lowest BCUT2D eigenvalue weighted by Gasteiger charge is -2.31. The molecule has 4 N–H and O–H groups in total. The quantitative estimate of drug-likeness (QED) is 0.323. The van der Waals surface area contributed by atoms with Crippen LogP contribution in [0.3, 0.4) is 0 Å². The van der Waals surface area contributed by atoms with Gasteiger partial charge in [0, 0.05) is 23.8 Å². The molecule has 0 saturated carbocycles. The molecule has 1 aliphatic rings. The minimum atomic E-state index is -0.979. The number of nitrogens with zero attached hydrogens (tertiary/aromatic N) is 4. The van der Waals surface area contributed by atoms with E-state index in [0.29, 0.717) is 22.8 Å². The van der Waals surface area contributed by atoms with Gasteiger partial charge in [-0.15, -0.1) is 0 Å². The standard InChI is InChI=1S/C24H23FN8O3/c1-24(2)22(35)31-17-9-15(5-7-19(17)36-24)29-21-16(25)11-27-23(32-21)30-14-4-6-18-13(8-14)10-28-33(18)12-20(34)26-3/h4-11H,12H2,1-3H3,(H,26,34)(H,31,35)(H2,27,29,30,32). The summed E-state index contributed by atoms with van der Waals surface area (Å²) in [7, 11) is 1.57. The number of hydrogen-bond acceptors (Lipinski definition) is 8. The van der Waals surface area contributed by atoms with E-state index in [9.17, 15) is 14.0 Å². The molecule has 5 rings (SSSR count). The topological polar surface area (TPSA) is 135 Å². The van der Waals surface area contributed by atoms with Gasteiger partial charge in [0.05, 0.1) is 23.6 Å². The van der Waals surface area contributed by atoms with E-state index in [2.05, 4.69) is 36.3 Å². The summed E-state index contributed by atoms with van der Waals surface area (Å²) in [6, 6.07) is 10.5. The molecular formula is C24H23FN8O3. The number of carbonyl (C=O) groups is 2. The van der Waals surface area contributed by atoms with Crippen LogP contribution in [0.4, 0.5) is 33.2 Å². The van der Waals surface area contributed by atoms with Gasteiger partial charge < -0.3 is 26.0 Å². The van der Waals surface area contributed by atoms with Crippen LogP contribution in [0.15, 0.2) is 48.8 Å². The Labute approximate surface area is 205 Å². The molecule has 0 radical (unpaired) electrons. The van der Waals surface area contributed by atoms with Crippen molar-refractivity contribution in [1.82, 2.24) is 25.1 Å². The highest BCUT2D eigenvalue weighted by Gasteiger charge is 2.35. The van der Waals surface area contributed by atoms with Crippen molar-refractivity contribution in [3.8, 4) is 5.75 Å². The van der Waals surface area contributed by atoms with Gasteiger partial charge in [0.1, 0.15) is 12.3 Å². The van der Waals surface area contributed by atoms with E-state index in [4.69, 9.17) is 4.74 Å². The molecule has 1 aliphatic heterocycles.